The molecule has 0 spiro atoms. The van der Waals surface area contributed by atoms with Crippen molar-refractivity contribution in [1.29, 1.82) is 0 Å². The molecule has 1 aromatic carbocycles. The van der Waals surface area contributed by atoms with Gasteiger partial charge >= 0.3 is 0 Å². The summed E-state index contributed by atoms with van der Waals surface area (Å²) in [7, 11) is 0. The van der Waals surface area contributed by atoms with E-state index in [0.717, 1.165) is 13.1 Å². The van der Waals surface area contributed by atoms with Gasteiger partial charge in [0, 0.05) is 25.2 Å². The first-order chi connectivity index (χ1) is 9.60. The molecule has 1 fully saturated rings. The SMILES string of the molecule is Cc1cccc(C(C(C)N)N2CC(C)(C)OC(C)(C)C2)c1. The summed E-state index contributed by atoms with van der Waals surface area (Å²) in [6.07, 6.45) is 0. The molecule has 0 saturated carbocycles. The molecule has 2 unspecified atom stereocenters. The molecule has 21 heavy (non-hydrogen) atoms. The molecule has 2 rings (SSSR count). The number of morpholine rings is 1. The molecule has 0 aliphatic carbocycles. The van der Waals surface area contributed by atoms with Crippen molar-refractivity contribution >= 4 is 0 Å². The summed E-state index contributed by atoms with van der Waals surface area (Å²) in [6, 6.07) is 9.01. The van der Waals surface area contributed by atoms with Gasteiger partial charge in [0.15, 0.2) is 0 Å². The molecule has 3 heteroatoms. The number of aryl methyl sites for hydroxylation is 1. The van der Waals surface area contributed by atoms with Gasteiger partial charge in [-0.05, 0) is 47.1 Å². The van der Waals surface area contributed by atoms with Gasteiger partial charge in [0.05, 0.1) is 11.2 Å². The van der Waals surface area contributed by atoms with Crippen molar-refractivity contribution < 1.29 is 4.74 Å². The minimum absolute atomic E-state index is 0.0801. The third-order valence-corrected chi connectivity index (χ3v) is 4.00. The Morgan fingerprint density at radius 1 is 1.14 bits per heavy atom. The Bertz CT molecular complexity index is 478. The van der Waals surface area contributed by atoms with Crippen LogP contribution in [0.3, 0.4) is 0 Å². The molecule has 0 radical (unpaired) electrons. The minimum atomic E-state index is -0.154. The van der Waals surface area contributed by atoms with E-state index in [9.17, 15) is 0 Å². The average molecular weight is 290 g/mol. The Morgan fingerprint density at radius 2 is 1.71 bits per heavy atom. The Hall–Kier alpha value is -0.900. The lowest BCUT2D eigenvalue weighted by atomic mass is 9.92. The van der Waals surface area contributed by atoms with Gasteiger partial charge in [0.1, 0.15) is 0 Å². The van der Waals surface area contributed by atoms with E-state index in [1.165, 1.54) is 11.1 Å². The molecule has 1 heterocycles. The zero-order valence-corrected chi connectivity index (χ0v) is 14.3. The lowest BCUT2D eigenvalue weighted by Gasteiger charge is -2.50. The first-order valence-corrected chi connectivity index (χ1v) is 7.86. The van der Waals surface area contributed by atoms with Gasteiger partial charge in [-0.3, -0.25) is 4.90 Å². The van der Waals surface area contributed by atoms with Gasteiger partial charge < -0.3 is 10.5 Å². The third kappa shape index (κ3) is 4.06. The van der Waals surface area contributed by atoms with Crippen LogP contribution in [0.1, 0.15) is 51.8 Å². The molecular formula is C18H30N2O. The number of benzene rings is 1. The van der Waals surface area contributed by atoms with Gasteiger partial charge in [0.2, 0.25) is 0 Å². The Morgan fingerprint density at radius 3 is 2.19 bits per heavy atom. The van der Waals surface area contributed by atoms with Crippen LogP contribution in [0.2, 0.25) is 0 Å². The second-order valence-corrected chi connectivity index (χ2v) is 7.74. The first-order valence-electron chi connectivity index (χ1n) is 7.86. The predicted molar refractivity (Wildman–Crippen MR) is 88.4 cm³/mol. The molecule has 2 atom stereocenters. The minimum Gasteiger partial charge on any atom is -0.367 e. The largest absolute Gasteiger partial charge is 0.367 e. The lowest BCUT2D eigenvalue weighted by Crippen LogP contribution is -2.59. The number of rotatable bonds is 3. The van der Waals surface area contributed by atoms with E-state index in [-0.39, 0.29) is 23.3 Å². The second kappa shape index (κ2) is 5.71. The van der Waals surface area contributed by atoms with E-state index in [2.05, 4.69) is 70.7 Å². The highest BCUT2D eigenvalue weighted by molar-refractivity contribution is 5.26. The van der Waals surface area contributed by atoms with Gasteiger partial charge in [-0.1, -0.05) is 29.8 Å². The fraction of sp³-hybridized carbons (Fsp3) is 0.667. The molecular weight excluding hydrogens is 260 g/mol. The van der Waals surface area contributed by atoms with Crippen LogP contribution in [0.15, 0.2) is 24.3 Å². The fourth-order valence-corrected chi connectivity index (χ4v) is 3.74. The van der Waals surface area contributed by atoms with Crippen LogP contribution in [-0.2, 0) is 4.74 Å². The van der Waals surface area contributed by atoms with Gasteiger partial charge in [0.25, 0.3) is 0 Å². The van der Waals surface area contributed by atoms with Gasteiger partial charge in [-0.15, -0.1) is 0 Å². The summed E-state index contributed by atoms with van der Waals surface area (Å²) >= 11 is 0. The topological polar surface area (TPSA) is 38.5 Å². The van der Waals surface area contributed by atoms with E-state index >= 15 is 0 Å². The number of nitrogens with two attached hydrogens (primary N) is 1. The van der Waals surface area contributed by atoms with Crippen LogP contribution < -0.4 is 5.73 Å². The predicted octanol–water partition coefficient (Wildman–Crippen LogP) is 3.27. The van der Waals surface area contributed by atoms with Crippen LogP contribution in [0.4, 0.5) is 0 Å². The van der Waals surface area contributed by atoms with Gasteiger partial charge in [-0.2, -0.15) is 0 Å². The molecule has 2 N–H and O–H groups in total. The van der Waals surface area contributed by atoms with E-state index in [1.54, 1.807) is 0 Å². The van der Waals surface area contributed by atoms with E-state index < -0.39 is 0 Å². The van der Waals surface area contributed by atoms with Crippen molar-refractivity contribution in [1.82, 2.24) is 4.90 Å². The van der Waals surface area contributed by atoms with Crippen molar-refractivity contribution in [2.24, 2.45) is 5.73 Å². The highest BCUT2D eigenvalue weighted by Gasteiger charge is 2.41. The van der Waals surface area contributed by atoms with Gasteiger partial charge in [-0.25, -0.2) is 0 Å². The molecule has 1 aliphatic heterocycles. The van der Waals surface area contributed by atoms with E-state index in [1.807, 2.05) is 0 Å². The Balaban J connectivity index is 2.34. The average Bonchev–Trinajstić information content (AvgIpc) is 2.23. The molecule has 1 aliphatic rings. The number of ether oxygens (including phenoxy) is 1. The molecule has 1 aromatic rings. The Kier molecular flexibility index (Phi) is 4.48. The number of hydrogen-bond acceptors (Lipinski definition) is 3. The van der Waals surface area contributed by atoms with E-state index in [4.69, 9.17) is 10.5 Å². The highest BCUT2D eigenvalue weighted by atomic mass is 16.5. The maximum atomic E-state index is 6.34. The van der Waals surface area contributed by atoms with Crippen molar-refractivity contribution in [2.75, 3.05) is 13.1 Å². The molecule has 118 valence electrons. The molecule has 1 saturated heterocycles. The van der Waals surface area contributed by atoms with Crippen molar-refractivity contribution in [2.45, 2.75) is 64.8 Å². The summed E-state index contributed by atoms with van der Waals surface area (Å²) in [5.74, 6) is 0. The van der Waals surface area contributed by atoms with Crippen LogP contribution >= 0.6 is 0 Å². The standard InChI is InChI=1S/C18H30N2O/c1-13-8-7-9-15(10-13)16(14(2)19)20-11-17(3,4)21-18(5,6)12-20/h7-10,14,16H,11-12,19H2,1-6H3. The van der Waals surface area contributed by atoms with Crippen LogP contribution in [0, 0.1) is 6.92 Å². The molecule has 0 aromatic heterocycles. The van der Waals surface area contributed by atoms with E-state index in [0.29, 0.717) is 0 Å². The fourth-order valence-electron chi connectivity index (χ4n) is 3.74. The molecule has 0 bridgehead atoms. The normalized spacial score (nSPS) is 24.5. The van der Waals surface area contributed by atoms with Crippen molar-refractivity contribution in [3.05, 3.63) is 35.4 Å². The number of nitrogens with zero attached hydrogens (tertiary/aromatic N) is 1. The van der Waals surface area contributed by atoms with Crippen LogP contribution in [0.25, 0.3) is 0 Å². The summed E-state index contributed by atoms with van der Waals surface area (Å²) in [6.45, 7) is 14.7. The zero-order chi connectivity index (χ0) is 15.8. The lowest BCUT2D eigenvalue weighted by molar-refractivity contribution is -0.189. The first kappa shape index (κ1) is 16.5. The van der Waals surface area contributed by atoms with Crippen molar-refractivity contribution in [3.8, 4) is 0 Å². The smallest absolute Gasteiger partial charge is 0.0761 e. The quantitative estimate of drug-likeness (QED) is 0.928. The third-order valence-electron chi connectivity index (χ3n) is 4.00. The van der Waals surface area contributed by atoms with Crippen LogP contribution in [0.5, 0.6) is 0 Å². The maximum Gasteiger partial charge on any atom is 0.0761 e. The maximum absolute atomic E-state index is 6.34. The van der Waals surface area contributed by atoms with Crippen LogP contribution in [-0.4, -0.2) is 35.2 Å². The molecule has 0 amide bonds. The number of hydrogen-bond donors (Lipinski definition) is 1. The zero-order valence-electron chi connectivity index (χ0n) is 14.3. The Labute approximate surface area is 129 Å². The second-order valence-electron chi connectivity index (χ2n) is 7.74. The van der Waals surface area contributed by atoms with Crippen molar-refractivity contribution in [3.63, 3.8) is 0 Å². The molecule has 3 nitrogen and oxygen atoms in total. The highest BCUT2D eigenvalue weighted by Crippen LogP contribution is 2.34. The summed E-state index contributed by atoms with van der Waals surface area (Å²) in [5, 5.41) is 0. The summed E-state index contributed by atoms with van der Waals surface area (Å²) < 4.78 is 6.20. The monoisotopic (exact) mass is 290 g/mol. The summed E-state index contributed by atoms with van der Waals surface area (Å²) in [5.41, 5.74) is 8.62. The summed E-state index contributed by atoms with van der Waals surface area (Å²) in [4.78, 5) is 2.49.